The number of nitrogens with zero attached hydrogens (tertiary/aromatic N) is 6. The van der Waals surface area contributed by atoms with Crippen molar-refractivity contribution < 1.29 is 58.7 Å². The van der Waals surface area contributed by atoms with Crippen LogP contribution in [0.5, 0.6) is 0 Å². The summed E-state index contributed by atoms with van der Waals surface area (Å²) < 4.78 is 41.4. The average Bonchev–Trinajstić information content (AvgIpc) is 3.68. The highest BCUT2D eigenvalue weighted by Crippen LogP contribution is 2.37. The number of methoxy groups -OCH3 is 1. The quantitative estimate of drug-likeness (QED) is 0.0685. The molecule has 250 valence electrons. The fourth-order valence-corrected chi connectivity index (χ4v) is 4.97. The molecule has 18 heteroatoms. The van der Waals surface area contributed by atoms with Crippen LogP contribution in [0.1, 0.15) is 17.8 Å². The van der Waals surface area contributed by atoms with E-state index in [0.717, 1.165) is 12.1 Å². The van der Waals surface area contributed by atoms with E-state index in [1.54, 1.807) is 22.7 Å². The molecule has 8 unspecified atom stereocenters. The maximum atomic E-state index is 9.96. The van der Waals surface area contributed by atoms with Crippen LogP contribution in [0, 0.1) is 11.8 Å². The van der Waals surface area contributed by atoms with E-state index < -0.39 is 37.3 Å². The summed E-state index contributed by atoms with van der Waals surface area (Å²) in [5, 5.41) is 64.5. The van der Waals surface area contributed by atoms with Gasteiger partial charge in [0.1, 0.15) is 35.8 Å². The van der Waals surface area contributed by atoms with Crippen LogP contribution in [0.15, 0.2) is 12.4 Å². The minimum Gasteiger partial charge on any atom is -0.396 e. The molecule has 0 radical (unpaired) electrons. The molecule has 4 rings (SSSR count). The number of rotatable bonds is 21. The zero-order valence-corrected chi connectivity index (χ0v) is 24.7. The molecule has 1 aliphatic heterocycles. The average molecular weight is 633 g/mol. The molecule has 44 heavy (non-hydrogen) atoms. The first-order valence-corrected chi connectivity index (χ1v) is 14.6. The van der Waals surface area contributed by atoms with E-state index in [4.69, 9.17) is 33.2 Å². The van der Waals surface area contributed by atoms with Crippen LogP contribution in [-0.4, -0.2) is 152 Å². The molecule has 8 atom stereocenters. The fourth-order valence-electron chi connectivity index (χ4n) is 4.97. The Morgan fingerprint density at radius 1 is 0.818 bits per heavy atom. The summed E-state index contributed by atoms with van der Waals surface area (Å²) in [4.78, 5) is 0. The maximum absolute atomic E-state index is 9.96. The largest absolute Gasteiger partial charge is 0.396 e. The van der Waals surface area contributed by atoms with E-state index in [1.807, 2.05) is 6.20 Å². The van der Waals surface area contributed by atoms with Crippen LogP contribution in [0.2, 0.25) is 0 Å². The highest BCUT2D eigenvalue weighted by Gasteiger charge is 2.44. The number of aromatic nitrogens is 6. The Hall–Kier alpha value is -2.20. The predicted octanol–water partition coefficient (Wildman–Crippen LogP) is -2.95. The van der Waals surface area contributed by atoms with Crippen molar-refractivity contribution in [3.8, 4) is 0 Å². The summed E-state index contributed by atoms with van der Waals surface area (Å²) in [5.41, 5.74) is 1.27. The number of ether oxygens (including phenoxy) is 7. The summed E-state index contributed by atoms with van der Waals surface area (Å²) >= 11 is 0. The Kier molecular flexibility index (Phi) is 14.2. The molecule has 0 amide bonds. The van der Waals surface area contributed by atoms with Crippen molar-refractivity contribution in [1.29, 1.82) is 0 Å². The van der Waals surface area contributed by atoms with Crippen molar-refractivity contribution in [2.75, 3.05) is 60.2 Å². The van der Waals surface area contributed by atoms with Crippen molar-refractivity contribution in [1.82, 2.24) is 30.0 Å². The SMILES string of the molecule is COC1CC(CO)C1Cn1cc(COCCOCCOCCn2cc(COCOC3OC(CO)C(O)C(O)C3O)nn2)nn1. The smallest absolute Gasteiger partial charge is 0.189 e. The molecule has 1 aliphatic carbocycles. The molecule has 0 aromatic carbocycles. The number of aliphatic hydroxyl groups is 5. The maximum Gasteiger partial charge on any atom is 0.189 e. The van der Waals surface area contributed by atoms with Crippen molar-refractivity contribution in [2.45, 2.75) is 69.5 Å². The summed E-state index contributed by atoms with van der Waals surface area (Å²) in [5.74, 6) is 0.463. The Morgan fingerprint density at radius 3 is 2.18 bits per heavy atom. The second-order valence-electron chi connectivity index (χ2n) is 10.6. The van der Waals surface area contributed by atoms with Crippen LogP contribution >= 0.6 is 0 Å². The second kappa shape index (κ2) is 18.1. The molecular weight excluding hydrogens is 588 g/mol. The molecule has 0 spiro atoms. The lowest BCUT2D eigenvalue weighted by Crippen LogP contribution is -2.59. The fraction of sp³-hybridized carbons (Fsp3) is 0.846. The zero-order valence-electron chi connectivity index (χ0n) is 24.7. The zero-order chi connectivity index (χ0) is 31.3. The molecule has 2 aromatic heterocycles. The normalized spacial score (nSPS) is 28.8. The topological polar surface area (TPSA) is 227 Å². The second-order valence-corrected chi connectivity index (χ2v) is 10.6. The van der Waals surface area contributed by atoms with Gasteiger partial charge < -0.3 is 58.7 Å². The summed E-state index contributed by atoms with van der Waals surface area (Å²) in [6.45, 7) is 2.92. The lowest BCUT2D eigenvalue weighted by atomic mass is 9.71. The molecule has 2 aromatic rings. The van der Waals surface area contributed by atoms with E-state index >= 15 is 0 Å². The van der Waals surface area contributed by atoms with Crippen molar-refractivity contribution in [3.05, 3.63) is 23.8 Å². The molecule has 5 N–H and O–H groups in total. The van der Waals surface area contributed by atoms with Gasteiger partial charge in [-0.25, -0.2) is 4.68 Å². The van der Waals surface area contributed by atoms with Crippen molar-refractivity contribution in [2.24, 2.45) is 11.8 Å². The van der Waals surface area contributed by atoms with Crippen LogP contribution in [0.3, 0.4) is 0 Å². The van der Waals surface area contributed by atoms with Gasteiger partial charge in [-0.2, -0.15) is 0 Å². The predicted molar refractivity (Wildman–Crippen MR) is 145 cm³/mol. The Labute approximate surface area is 254 Å². The van der Waals surface area contributed by atoms with Crippen LogP contribution in [0.4, 0.5) is 0 Å². The van der Waals surface area contributed by atoms with Crippen LogP contribution in [0.25, 0.3) is 0 Å². The van der Waals surface area contributed by atoms with Gasteiger partial charge in [0.2, 0.25) is 0 Å². The van der Waals surface area contributed by atoms with E-state index in [1.165, 1.54) is 0 Å². The first-order chi connectivity index (χ1) is 21.4. The molecular formula is C26H44N6O12. The lowest BCUT2D eigenvalue weighted by molar-refractivity contribution is -0.317. The third-order valence-electron chi connectivity index (χ3n) is 7.60. The van der Waals surface area contributed by atoms with Gasteiger partial charge in [0.25, 0.3) is 0 Å². The molecule has 1 saturated carbocycles. The monoisotopic (exact) mass is 632 g/mol. The minimum absolute atomic E-state index is 0.0763. The highest BCUT2D eigenvalue weighted by atomic mass is 16.8. The van der Waals surface area contributed by atoms with E-state index in [-0.39, 0.29) is 37.9 Å². The van der Waals surface area contributed by atoms with Gasteiger partial charge in [0, 0.05) is 26.2 Å². The molecule has 3 heterocycles. The first kappa shape index (κ1) is 34.7. The van der Waals surface area contributed by atoms with Gasteiger partial charge in [0.15, 0.2) is 13.1 Å². The van der Waals surface area contributed by atoms with Gasteiger partial charge in [-0.05, 0) is 12.3 Å². The summed E-state index contributed by atoms with van der Waals surface area (Å²) in [7, 11) is 1.69. The van der Waals surface area contributed by atoms with Gasteiger partial charge in [-0.15, -0.1) is 10.2 Å². The third-order valence-corrected chi connectivity index (χ3v) is 7.60. The van der Waals surface area contributed by atoms with Crippen LogP contribution in [-0.2, 0) is 59.5 Å². The number of hydrogen-bond acceptors (Lipinski definition) is 16. The summed E-state index contributed by atoms with van der Waals surface area (Å²) in [6, 6.07) is 0. The van der Waals surface area contributed by atoms with Gasteiger partial charge >= 0.3 is 0 Å². The van der Waals surface area contributed by atoms with Gasteiger partial charge in [-0.3, -0.25) is 4.68 Å². The first-order valence-electron chi connectivity index (χ1n) is 14.6. The Morgan fingerprint density at radius 2 is 1.48 bits per heavy atom. The van der Waals surface area contributed by atoms with Gasteiger partial charge in [-0.1, -0.05) is 10.4 Å². The number of hydrogen-bond donors (Lipinski definition) is 5. The lowest BCUT2D eigenvalue weighted by Gasteiger charge is -2.42. The Bertz CT molecular complexity index is 1070. The van der Waals surface area contributed by atoms with Crippen LogP contribution < -0.4 is 0 Å². The molecule has 2 aliphatic rings. The van der Waals surface area contributed by atoms with E-state index in [9.17, 15) is 25.5 Å². The van der Waals surface area contributed by atoms with E-state index in [2.05, 4.69) is 20.6 Å². The molecule has 2 fully saturated rings. The van der Waals surface area contributed by atoms with Gasteiger partial charge in [0.05, 0.1) is 77.9 Å². The minimum atomic E-state index is -1.52. The molecule has 1 saturated heterocycles. The third kappa shape index (κ3) is 9.90. The number of aliphatic hydroxyl groups excluding tert-OH is 5. The standard InChI is InChI=1S/C26H44N6O12/c1-38-21-8-17(12-33)20(21)11-32-10-19(28-30-32)14-41-7-6-40-5-4-39-3-2-31-9-18(27-29-31)15-42-16-43-26-25(37)24(36)23(35)22(13-34)44-26/h9-10,17,20-26,33-37H,2-8,11-16H2,1H3. The molecule has 18 nitrogen and oxygen atoms in total. The molecule has 0 bridgehead atoms. The Balaban J connectivity index is 0.971. The summed E-state index contributed by atoms with van der Waals surface area (Å²) in [6.07, 6.45) is -2.24. The highest BCUT2D eigenvalue weighted by molar-refractivity contribution is 4.94. The van der Waals surface area contributed by atoms with E-state index in [0.29, 0.717) is 58.4 Å². The van der Waals surface area contributed by atoms with Crippen molar-refractivity contribution >= 4 is 0 Å². The van der Waals surface area contributed by atoms with Crippen molar-refractivity contribution in [3.63, 3.8) is 0 Å².